The molecule has 146 valence electrons. The second-order valence-corrected chi connectivity index (χ2v) is 7.41. The van der Waals surface area contributed by atoms with Crippen LogP contribution in [0.2, 0.25) is 0 Å². The Hall–Kier alpha value is -3.34. The summed E-state index contributed by atoms with van der Waals surface area (Å²) in [5.41, 5.74) is 5.44. The van der Waals surface area contributed by atoms with Crippen molar-refractivity contribution in [3.63, 3.8) is 0 Å². The number of benzene rings is 1. The lowest BCUT2D eigenvalue weighted by Gasteiger charge is -2.16. The molecular formula is C24H23N3O2. The number of aryl methyl sites for hydroxylation is 2. The van der Waals surface area contributed by atoms with Crippen molar-refractivity contribution >= 4 is 17.5 Å². The largest absolute Gasteiger partial charge is 0.310 e. The van der Waals surface area contributed by atoms with Gasteiger partial charge in [0.2, 0.25) is 5.91 Å². The normalized spacial score (nSPS) is 12.9. The Balaban J connectivity index is 1.31. The number of nitrogens with zero attached hydrogens (tertiary/aromatic N) is 2. The Morgan fingerprint density at radius 1 is 1.00 bits per heavy atom. The van der Waals surface area contributed by atoms with Crippen molar-refractivity contribution in [3.05, 3.63) is 77.7 Å². The zero-order valence-electron chi connectivity index (χ0n) is 16.2. The number of amides is 1. The molecule has 1 aromatic carbocycles. The summed E-state index contributed by atoms with van der Waals surface area (Å²) in [5.74, 6) is 0.959. The lowest BCUT2D eigenvalue weighted by atomic mass is 9.98. The van der Waals surface area contributed by atoms with Crippen LogP contribution in [0.25, 0.3) is 11.1 Å². The van der Waals surface area contributed by atoms with Crippen LogP contribution in [-0.2, 0) is 28.9 Å². The van der Waals surface area contributed by atoms with Crippen LogP contribution >= 0.6 is 0 Å². The van der Waals surface area contributed by atoms with Crippen LogP contribution in [0.1, 0.15) is 36.0 Å². The van der Waals surface area contributed by atoms with Crippen molar-refractivity contribution in [1.29, 1.82) is 0 Å². The summed E-state index contributed by atoms with van der Waals surface area (Å²) in [5, 5.41) is 2.81. The summed E-state index contributed by atoms with van der Waals surface area (Å²) >= 11 is 0. The molecule has 0 unspecified atom stereocenters. The first kappa shape index (κ1) is 19.0. The molecule has 1 aliphatic rings. The number of anilines is 1. The molecule has 0 atom stereocenters. The molecule has 5 nitrogen and oxygen atoms in total. The van der Waals surface area contributed by atoms with E-state index in [0.29, 0.717) is 25.1 Å². The summed E-state index contributed by atoms with van der Waals surface area (Å²) in [6, 6.07) is 14.3. The number of aromatic nitrogens is 2. The monoisotopic (exact) mass is 385 g/mol. The van der Waals surface area contributed by atoms with Gasteiger partial charge in [-0.1, -0.05) is 30.3 Å². The second kappa shape index (κ2) is 8.78. The quantitative estimate of drug-likeness (QED) is 0.663. The molecule has 1 N–H and O–H groups in total. The van der Waals surface area contributed by atoms with Gasteiger partial charge in [-0.3, -0.25) is 14.6 Å². The van der Waals surface area contributed by atoms with Gasteiger partial charge in [-0.2, -0.15) is 0 Å². The molecule has 0 saturated carbocycles. The molecule has 0 aliphatic carbocycles. The summed E-state index contributed by atoms with van der Waals surface area (Å²) in [6.45, 7) is 0. The number of nitrogens with one attached hydrogen (secondary N) is 1. The van der Waals surface area contributed by atoms with Crippen LogP contribution in [0.5, 0.6) is 0 Å². The van der Waals surface area contributed by atoms with E-state index in [9.17, 15) is 9.59 Å². The van der Waals surface area contributed by atoms with E-state index in [1.54, 1.807) is 18.6 Å². The van der Waals surface area contributed by atoms with E-state index in [4.69, 9.17) is 0 Å². The molecule has 3 aromatic rings. The first-order valence-electron chi connectivity index (χ1n) is 9.96. The highest BCUT2D eigenvalue weighted by Gasteiger charge is 2.16. The fourth-order valence-corrected chi connectivity index (χ4v) is 3.59. The molecule has 1 amide bonds. The smallest absolute Gasteiger partial charge is 0.225 e. The highest BCUT2D eigenvalue weighted by atomic mass is 16.1. The second-order valence-electron chi connectivity index (χ2n) is 7.41. The number of ketones is 1. The van der Waals surface area contributed by atoms with E-state index < -0.39 is 0 Å². The van der Waals surface area contributed by atoms with Crippen molar-refractivity contribution in [2.45, 2.75) is 38.5 Å². The van der Waals surface area contributed by atoms with Crippen molar-refractivity contribution < 1.29 is 9.59 Å². The van der Waals surface area contributed by atoms with E-state index in [1.165, 1.54) is 5.56 Å². The van der Waals surface area contributed by atoms with Gasteiger partial charge in [0.15, 0.2) is 0 Å². The van der Waals surface area contributed by atoms with Crippen LogP contribution < -0.4 is 5.32 Å². The molecular weight excluding hydrogens is 362 g/mol. The van der Waals surface area contributed by atoms with E-state index in [1.807, 2.05) is 12.1 Å². The molecule has 29 heavy (non-hydrogen) atoms. The summed E-state index contributed by atoms with van der Waals surface area (Å²) < 4.78 is 0. The average molecular weight is 385 g/mol. The minimum absolute atomic E-state index is 0.0287. The van der Waals surface area contributed by atoms with E-state index in [0.717, 1.165) is 41.5 Å². The number of rotatable bonds is 7. The standard InChI is InChI=1S/C24H23N3O2/c28-22(13-18-4-2-12-25-15-18)5-1-3-17-6-8-19(9-7-17)21-14-20-10-11-23(29)27-24(20)26-16-21/h2,4,6-9,12,14-16H,1,3,5,10-11,13H2,(H,26,27,29). The van der Waals surface area contributed by atoms with Crippen molar-refractivity contribution in [3.8, 4) is 11.1 Å². The van der Waals surface area contributed by atoms with Crippen LogP contribution in [0.4, 0.5) is 5.82 Å². The molecule has 0 fully saturated rings. The summed E-state index contributed by atoms with van der Waals surface area (Å²) in [4.78, 5) is 32.0. The van der Waals surface area contributed by atoms with Gasteiger partial charge in [-0.25, -0.2) is 4.98 Å². The van der Waals surface area contributed by atoms with Gasteiger partial charge >= 0.3 is 0 Å². The first-order valence-corrected chi connectivity index (χ1v) is 9.96. The Labute approximate surface area is 170 Å². The number of hydrogen-bond acceptors (Lipinski definition) is 4. The fraction of sp³-hybridized carbons (Fsp3) is 0.250. The molecule has 0 bridgehead atoms. The van der Waals surface area contributed by atoms with Crippen LogP contribution in [-0.4, -0.2) is 21.7 Å². The molecule has 5 heteroatoms. The van der Waals surface area contributed by atoms with Crippen LogP contribution in [0, 0.1) is 0 Å². The zero-order valence-corrected chi connectivity index (χ0v) is 16.2. The average Bonchev–Trinajstić information content (AvgIpc) is 2.74. The van der Waals surface area contributed by atoms with Gasteiger partial charge in [0, 0.05) is 43.4 Å². The van der Waals surface area contributed by atoms with Crippen LogP contribution in [0.3, 0.4) is 0 Å². The van der Waals surface area contributed by atoms with E-state index in [2.05, 4.69) is 45.6 Å². The topological polar surface area (TPSA) is 72.0 Å². The Bertz CT molecular complexity index is 1010. The number of fused-ring (bicyclic) bond motifs is 1. The lowest BCUT2D eigenvalue weighted by Crippen LogP contribution is -2.20. The molecule has 0 saturated heterocycles. The van der Waals surface area contributed by atoms with Crippen LogP contribution in [0.15, 0.2) is 61.1 Å². The Morgan fingerprint density at radius 3 is 2.66 bits per heavy atom. The van der Waals surface area contributed by atoms with Gasteiger partial charge in [0.25, 0.3) is 0 Å². The third-order valence-corrected chi connectivity index (χ3v) is 5.18. The molecule has 0 spiro atoms. The number of carbonyl (C=O) groups excluding carboxylic acids is 2. The van der Waals surface area contributed by atoms with E-state index in [-0.39, 0.29) is 11.7 Å². The molecule has 3 heterocycles. The van der Waals surface area contributed by atoms with Gasteiger partial charge in [-0.05, 0) is 53.6 Å². The minimum Gasteiger partial charge on any atom is -0.310 e. The van der Waals surface area contributed by atoms with Crippen molar-refractivity contribution in [2.75, 3.05) is 5.32 Å². The Morgan fingerprint density at radius 2 is 1.86 bits per heavy atom. The number of Topliss-reactive ketones (excluding diaryl/α,β-unsaturated/α-hetero) is 1. The number of pyridine rings is 2. The minimum atomic E-state index is 0.0287. The van der Waals surface area contributed by atoms with Crippen molar-refractivity contribution in [2.24, 2.45) is 0 Å². The highest BCUT2D eigenvalue weighted by molar-refractivity contribution is 5.93. The lowest BCUT2D eigenvalue weighted by molar-refractivity contribution is -0.118. The van der Waals surface area contributed by atoms with Gasteiger partial charge in [0.05, 0.1) is 0 Å². The molecule has 2 aromatic heterocycles. The zero-order chi connectivity index (χ0) is 20.1. The molecule has 4 rings (SSSR count). The van der Waals surface area contributed by atoms with E-state index >= 15 is 0 Å². The SMILES string of the molecule is O=C(CCCc1ccc(-c2cnc3c(c2)CCC(=O)N3)cc1)Cc1cccnc1. The Kier molecular flexibility index (Phi) is 5.75. The number of carbonyl (C=O) groups is 2. The molecule has 1 aliphatic heterocycles. The van der Waals surface area contributed by atoms with Crippen molar-refractivity contribution in [1.82, 2.24) is 9.97 Å². The predicted molar refractivity (Wildman–Crippen MR) is 113 cm³/mol. The maximum Gasteiger partial charge on any atom is 0.225 e. The first-order chi connectivity index (χ1) is 14.2. The maximum atomic E-state index is 12.1. The number of hydrogen-bond donors (Lipinski definition) is 1. The highest BCUT2D eigenvalue weighted by Crippen LogP contribution is 2.27. The summed E-state index contributed by atoms with van der Waals surface area (Å²) in [6.07, 6.45) is 9.28. The maximum absolute atomic E-state index is 12.1. The third-order valence-electron chi connectivity index (χ3n) is 5.18. The predicted octanol–water partition coefficient (Wildman–Crippen LogP) is 4.16. The van der Waals surface area contributed by atoms with Gasteiger partial charge < -0.3 is 5.32 Å². The van der Waals surface area contributed by atoms with Gasteiger partial charge in [-0.15, -0.1) is 0 Å². The van der Waals surface area contributed by atoms with Gasteiger partial charge in [0.1, 0.15) is 11.6 Å². The summed E-state index contributed by atoms with van der Waals surface area (Å²) in [7, 11) is 0. The molecule has 0 radical (unpaired) electrons. The fourth-order valence-electron chi connectivity index (χ4n) is 3.59. The third kappa shape index (κ3) is 4.93.